The van der Waals surface area contributed by atoms with E-state index in [1.165, 1.54) is 18.2 Å². The van der Waals surface area contributed by atoms with Crippen molar-refractivity contribution in [2.45, 2.75) is 20.3 Å². The number of hydrogen-bond acceptors (Lipinski definition) is 3. The quantitative estimate of drug-likeness (QED) is 0.757. The number of hydrogen-bond donors (Lipinski definition) is 0. The summed E-state index contributed by atoms with van der Waals surface area (Å²) in [5, 5.41) is 0.364. The van der Waals surface area contributed by atoms with Gasteiger partial charge in [-0.25, -0.2) is 9.37 Å². The summed E-state index contributed by atoms with van der Waals surface area (Å²) in [6, 6.07) is 4.38. The molecule has 0 atom stereocenters. The molecule has 0 N–H and O–H groups in total. The summed E-state index contributed by atoms with van der Waals surface area (Å²) in [5.41, 5.74) is 0.652. The molecule has 3 nitrogen and oxygen atoms in total. The molecule has 0 aliphatic rings. The minimum atomic E-state index is -0.348. The van der Waals surface area contributed by atoms with Crippen LogP contribution in [-0.4, -0.2) is 9.97 Å². The van der Waals surface area contributed by atoms with Crippen molar-refractivity contribution >= 4 is 27.5 Å². The Morgan fingerprint density at radius 1 is 1.37 bits per heavy atom. The van der Waals surface area contributed by atoms with Gasteiger partial charge in [0.05, 0.1) is 4.47 Å². The molecule has 2 aromatic rings. The third kappa shape index (κ3) is 3.22. The Bertz CT molecular complexity index is 622. The molecular formula is C13H11BrClFN2O. The maximum absolute atomic E-state index is 13.2. The van der Waals surface area contributed by atoms with E-state index in [0.29, 0.717) is 39.1 Å². The van der Waals surface area contributed by atoms with Crippen molar-refractivity contribution in [1.29, 1.82) is 0 Å². The maximum Gasteiger partial charge on any atom is 0.226 e. The molecule has 100 valence electrons. The van der Waals surface area contributed by atoms with Gasteiger partial charge in [0.2, 0.25) is 5.88 Å². The van der Waals surface area contributed by atoms with Crippen LogP contribution in [0.25, 0.3) is 0 Å². The lowest BCUT2D eigenvalue weighted by molar-refractivity contribution is 0.452. The van der Waals surface area contributed by atoms with Crippen molar-refractivity contribution in [3.8, 4) is 11.6 Å². The number of aryl methyl sites for hydroxylation is 1. The molecule has 0 unspecified atom stereocenters. The standard InChI is InChI=1S/C13H11BrClFN2O/c1-3-11-17-12(15)7(2)13(18-11)19-8-4-5-10(16)9(14)6-8/h4-6H,3H2,1-2H3. The molecule has 0 saturated heterocycles. The van der Waals surface area contributed by atoms with E-state index in [-0.39, 0.29) is 5.82 Å². The van der Waals surface area contributed by atoms with Crippen molar-refractivity contribution in [1.82, 2.24) is 9.97 Å². The second kappa shape index (κ2) is 5.84. The summed E-state index contributed by atoms with van der Waals surface area (Å²) in [6.07, 6.45) is 0.656. The predicted molar refractivity (Wildman–Crippen MR) is 75.3 cm³/mol. The van der Waals surface area contributed by atoms with Crippen molar-refractivity contribution in [2.75, 3.05) is 0 Å². The highest BCUT2D eigenvalue weighted by molar-refractivity contribution is 9.10. The molecule has 0 spiro atoms. The topological polar surface area (TPSA) is 35.0 Å². The third-order valence-electron chi connectivity index (χ3n) is 2.51. The summed E-state index contributed by atoms with van der Waals surface area (Å²) in [4.78, 5) is 8.40. The van der Waals surface area contributed by atoms with Gasteiger partial charge >= 0.3 is 0 Å². The molecule has 6 heteroatoms. The van der Waals surface area contributed by atoms with Gasteiger partial charge in [0, 0.05) is 12.0 Å². The van der Waals surface area contributed by atoms with E-state index in [0.717, 1.165) is 0 Å². The van der Waals surface area contributed by atoms with Gasteiger partial charge in [-0.05, 0) is 41.1 Å². The monoisotopic (exact) mass is 344 g/mol. The van der Waals surface area contributed by atoms with Crippen molar-refractivity contribution in [3.05, 3.63) is 45.0 Å². The molecule has 0 fully saturated rings. The number of ether oxygens (including phenoxy) is 1. The Hall–Kier alpha value is -1.20. The molecule has 0 aliphatic heterocycles. The fourth-order valence-corrected chi connectivity index (χ4v) is 1.96. The number of benzene rings is 1. The summed E-state index contributed by atoms with van der Waals surface area (Å²) in [5.74, 6) is 1.12. The summed E-state index contributed by atoms with van der Waals surface area (Å²) >= 11 is 9.13. The fourth-order valence-electron chi connectivity index (χ4n) is 1.42. The Morgan fingerprint density at radius 2 is 2.11 bits per heavy atom. The molecule has 0 saturated carbocycles. The second-order valence-electron chi connectivity index (χ2n) is 3.89. The first-order valence-corrected chi connectivity index (χ1v) is 6.84. The van der Waals surface area contributed by atoms with Crippen LogP contribution in [0.4, 0.5) is 4.39 Å². The van der Waals surface area contributed by atoms with Gasteiger partial charge in [0.1, 0.15) is 22.5 Å². The first-order chi connectivity index (χ1) is 9.01. The van der Waals surface area contributed by atoms with E-state index in [2.05, 4.69) is 25.9 Å². The molecule has 0 aliphatic carbocycles. The Kier molecular flexibility index (Phi) is 4.37. The largest absolute Gasteiger partial charge is 0.439 e. The zero-order valence-electron chi connectivity index (χ0n) is 10.4. The normalized spacial score (nSPS) is 10.6. The highest BCUT2D eigenvalue weighted by Crippen LogP contribution is 2.29. The summed E-state index contributed by atoms with van der Waals surface area (Å²) in [7, 11) is 0. The molecule has 0 amide bonds. The highest BCUT2D eigenvalue weighted by atomic mass is 79.9. The van der Waals surface area contributed by atoms with Crippen LogP contribution >= 0.6 is 27.5 Å². The van der Waals surface area contributed by atoms with Gasteiger partial charge in [-0.1, -0.05) is 18.5 Å². The number of rotatable bonds is 3. The van der Waals surface area contributed by atoms with E-state index in [4.69, 9.17) is 16.3 Å². The van der Waals surface area contributed by atoms with E-state index in [1.54, 1.807) is 6.92 Å². The number of halogens is 3. The first kappa shape index (κ1) is 14.2. The van der Waals surface area contributed by atoms with Gasteiger partial charge in [0.15, 0.2) is 0 Å². The van der Waals surface area contributed by atoms with Gasteiger partial charge in [-0.3, -0.25) is 0 Å². The summed E-state index contributed by atoms with van der Waals surface area (Å²) in [6.45, 7) is 3.70. The van der Waals surface area contributed by atoms with Crippen LogP contribution in [0.1, 0.15) is 18.3 Å². The molecule has 19 heavy (non-hydrogen) atoms. The predicted octanol–water partition coefficient (Wildman–Crippen LogP) is 4.69. The van der Waals surface area contributed by atoms with E-state index in [9.17, 15) is 4.39 Å². The van der Waals surface area contributed by atoms with Crippen molar-refractivity contribution in [2.24, 2.45) is 0 Å². The Labute approximate surface area is 123 Å². The van der Waals surface area contributed by atoms with Crippen LogP contribution in [0.3, 0.4) is 0 Å². The average Bonchev–Trinajstić information content (AvgIpc) is 2.39. The lowest BCUT2D eigenvalue weighted by Crippen LogP contribution is -2.00. The van der Waals surface area contributed by atoms with Gasteiger partial charge < -0.3 is 4.74 Å². The van der Waals surface area contributed by atoms with Gasteiger partial charge in [0.25, 0.3) is 0 Å². The van der Waals surface area contributed by atoms with Crippen molar-refractivity contribution < 1.29 is 9.13 Å². The van der Waals surface area contributed by atoms with Crippen LogP contribution in [-0.2, 0) is 6.42 Å². The van der Waals surface area contributed by atoms with Crippen molar-refractivity contribution in [3.63, 3.8) is 0 Å². The average molecular weight is 346 g/mol. The summed E-state index contributed by atoms with van der Waals surface area (Å²) < 4.78 is 19.1. The van der Waals surface area contributed by atoms with Crippen LogP contribution < -0.4 is 4.74 Å². The first-order valence-electron chi connectivity index (χ1n) is 5.67. The minimum absolute atomic E-state index is 0.332. The Morgan fingerprint density at radius 3 is 2.74 bits per heavy atom. The lowest BCUT2D eigenvalue weighted by Gasteiger charge is -2.10. The van der Waals surface area contributed by atoms with E-state index in [1.807, 2.05) is 6.92 Å². The zero-order chi connectivity index (χ0) is 14.0. The lowest BCUT2D eigenvalue weighted by atomic mass is 10.3. The highest BCUT2D eigenvalue weighted by Gasteiger charge is 2.11. The maximum atomic E-state index is 13.2. The number of nitrogens with zero attached hydrogens (tertiary/aromatic N) is 2. The second-order valence-corrected chi connectivity index (χ2v) is 5.10. The van der Waals surface area contributed by atoms with Crippen LogP contribution in [0.2, 0.25) is 5.15 Å². The molecule has 1 heterocycles. The SMILES string of the molecule is CCc1nc(Cl)c(C)c(Oc2ccc(F)c(Br)c2)n1. The van der Waals surface area contributed by atoms with Crippen LogP contribution in [0.5, 0.6) is 11.6 Å². The van der Waals surface area contributed by atoms with Crippen LogP contribution in [0.15, 0.2) is 22.7 Å². The Balaban J connectivity index is 2.37. The van der Waals surface area contributed by atoms with Gasteiger partial charge in [-0.2, -0.15) is 4.98 Å². The third-order valence-corrected chi connectivity index (χ3v) is 3.49. The molecule has 0 radical (unpaired) electrons. The van der Waals surface area contributed by atoms with E-state index < -0.39 is 0 Å². The smallest absolute Gasteiger partial charge is 0.226 e. The minimum Gasteiger partial charge on any atom is -0.439 e. The van der Waals surface area contributed by atoms with E-state index >= 15 is 0 Å². The van der Waals surface area contributed by atoms with Gasteiger partial charge in [-0.15, -0.1) is 0 Å². The number of aromatic nitrogens is 2. The molecule has 0 bridgehead atoms. The molecule has 2 rings (SSSR count). The molecular weight excluding hydrogens is 335 g/mol. The molecule has 1 aromatic carbocycles. The molecule has 1 aromatic heterocycles. The van der Waals surface area contributed by atoms with Crippen LogP contribution in [0, 0.1) is 12.7 Å². The fraction of sp³-hybridized carbons (Fsp3) is 0.231. The zero-order valence-corrected chi connectivity index (χ0v) is 12.7.